The van der Waals surface area contributed by atoms with Gasteiger partial charge in [0.15, 0.2) is 5.82 Å². The molecule has 3 nitrogen and oxygen atoms in total. The standard InChI is InChI=1S/C22H22N2O/c1-25-18-14-12-16(13-15-18)21-19-10-6-3-7-11-20(19)23-22(24-21)17-8-4-2-5-9-17/h2,4-5,8-9,12-15H,3,6-7,10-11H2,1H3. The summed E-state index contributed by atoms with van der Waals surface area (Å²) in [6, 6.07) is 18.5. The lowest BCUT2D eigenvalue weighted by Gasteiger charge is -2.14. The van der Waals surface area contributed by atoms with Gasteiger partial charge in [-0.05, 0) is 49.9 Å². The SMILES string of the molecule is COc1ccc(-c2nc(-c3ccccc3)nc3c2CCCCC3)cc1. The summed E-state index contributed by atoms with van der Waals surface area (Å²) in [6.45, 7) is 0. The van der Waals surface area contributed by atoms with Crippen LogP contribution in [-0.4, -0.2) is 17.1 Å². The van der Waals surface area contributed by atoms with Gasteiger partial charge < -0.3 is 4.74 Å². The van der Waals surface area contributed by atoms with E-state index in [0.29, 0.717) is 0 Å². The average Bonchev–Trinajstić information content (AvgIpc) is 2.93. The Morgan fingerprint density at radius 2 is 1.52 bits per heavy atom. The lowest BCUT2D eigenvalue weighted by Crippen LogP contribution is -2.04. The topological polar surface area (TPSA) is 35.0 Å². The first-order chi connectivity index (χ1) is 12.3. The molecule has 0 aliphatic heterocycles. The third-order valence-electron chi connectivity index (χ3n) is 4.83. The number of ether oxygens (including phenoxy) is 1. The van der Waals surface area contributed by atoms with Crippen molar-refractivity contribution in [1.82, 2.24) is 9.97 Å². The van der Waals surface area contributed by atoms with Gasteiger partial charge in [0.25, 0.3) is 0 Å². The van der Waals surface area contributed by atoms with E-state index in [1.807, 2.05) is 30.3 Å². The molecular weight excluding hydrogens is 308 g/mol. The van der Waals surface area contributed by atoms with Gasteiger partial charge in [-0.1, -0.05) is 36.8 Å². The molecule has 1 heterocycles. The summed E-state index contributed by atoms with van der Waals surface area (Å²) in [5, 5.41) is 0. The molecule has 0 saturated heterocycles. The molecule has 0 bridgehead atoms. The van der Waals surface area contributed by atoms with E-state index in [1.165, 1.54) is 30.5 Å². The number of methoxy groups -OCH3 is 1. The first-order valence-corrected chi connectivity index (χ1v) is 8.95. The lowest BCUT2D eigenvalue weighted by molar-refractivity contribution is 0.415. The predicted octanol–water partition coefficient (Wildman–Crippen LogP) is 5.09. The number of aromatic nitrogens is 2. The zero-order valence-corrected chi connectivity index (χ0v) is 14.5. The van der Waals surface area contributed by atoms with Crippen LogP contribution in [0.2, 0.25) is 0 Å². The van der Waals surface area contributed by atoms with Crippen molar-refractivity contribution in [2.75, 3.05) is 7.11 Å². The Hall–Kier alpha value is -2.68. The minimum absolute atomic E-state index is 0.826. The Balaban J connectivity index is 1.88. The highest BCUT2D eigenvalue weighted by Gasteiger charge is 2.18. The molecule has 0 fully saturated rings. The minimum Gasteiger partial charge on any atom is -0.497 e. The van der Waals surface area contributed by atoms with Gasteiger partial charge in [-0.15, -0.1) is 0 Å². The van der Waals surface area contributed by atoms with Gasteiger partial charge in [0.05, 0.1) is 12.8 Å². The van der Waals surface area contributed by atoms with E-state index in [1.54, 1.807) is 7.11 Å². The van der Waals surface area contributed by atoms with Gasteiger partial charge in [0.2, 0.25) is 0 Å². The number of hydrogen-bond acceptors (Lipinski definition) is 3. The van der Waals surface area contributed by atoms with Crippen molar-refractivity contribution in [3.8, 4) is 28.4 Å². The van der Waals surface area contributed by atoms with Crippen molar-refractivity contribution in [3.05, 3.63) is 65.9 Å². The van der Waals surface area contributed by atoms with Crippen molar-refractivity contribution < 1.29 is 4.74 Å². The Morgan fingerprint density at radius 1 is 0.760 bits per heavy atom. The second-order valence-corrected chi connectivity index (χ2v) is 6.48. The van der Waals surface area contributed by atoms with Crippen LogP contribution >= 0.6 is 0 Å². The molecule has 0 spiro atoms. The van der Waals surface area contributed by atoms with Gasteiger partial charge in [0, 0.05) is 22.4 Å². The molecule has 0 saturated carbocycles. The summed E-state index contributed by atoms with van der Waals surface area (Å²) in [5.41, 5.74) is 5.83. The van der Waals surface area contributed by atoms with Crippen molar-refractivity contribution >= 4 is 0 Å². The van der Waals surface area contributed by atoms with Crippen LogP contribution in [0.5, 0.6) is 5.75 Å². The van der Waals surface area contributed by atoms with Crippen LogP contribution in [0.25, 0.3) is 22.6 Å². The average molecular weight is 330 g/mol. The summed E-state index contributed by atoms with van der Waals surface area (Å²) in [4.78, 5) is 9.90. The molecule has 0 N–H and O–H groups in total. The van der Waals surface area contributed by atoms with E-state index >= 15 is 0 Å². The van der Waals surface area contributed by atoms with E-state index in [9.17, 15) is 0 Å². The van der Waals surface area contributed by atoms with Gasteiger partial charge in [0.1, 0.15) is 5.75 Å². The fraction of sp³-hybridized carbons (Fsp3) is 0.273. The molecular formula is C22H22N2O. The number of benzene rings is 2. The molecule has 1 aromatic heterocycles. The molecule has 3 heteroatoms. The molecule has 1 aliphatic carbocycles. The number of hydrogen-bond donors (Lipinski definition) is 0. The first-order valence-electron chi connectivity index (χ1n) is 8.95. The third kappa shape index (κ3) is 3.27. The van der Waals surface area contributed by atoms with Crippen LogP contribution in [0.1, 0.15) is 30.5 Å². The van der Waals surface area contributed by atoms with Crippen LogP contribution < -0.4 is 4.74 Å². The van der Waals surface area contributed by atoms with Crippen LogP contribution in [0.3, 0.4) is 0 Å². The van der Waals surface area contributed by atoms with E-state index in [0.717, 1.165) is 41.2 Å². The summed E-state index contributed by atoms with van der Waals surface area (Å²) < 4.78 is 5.30. The predicted molar refractivity (Wildman–Crippen MR) is 101 cm³/mol. The maximum atomic E-state index is 5.30. The Kier molecular flexibility index (Phi) is 4.47. The van der Waals surface area contributed by atoms with Gasteiger partial charge in [-0.25, -0.2) is 9.97 Å². The van der Waals surface area contributed by atoms with Gasteiger partial charge in [-0.3, -0.25) is 0 Å². The van der Waals surface area contributed by atoms with Crippen molar-refractivity contribution in [2.45, 2.75) is 32.1 Å². The zero-order chi connectivity index (χ0) is 17.1. The van der Waals surface area contributed by atoms with Crippen LogP contribution in [0.4, 0.5) is 0 Å². The second kappa shape index (κ2) is 7.06. The van der Waals surface area contributed by atoms with Crippen LogP contribution in [-0.2, 0) is 12.8 Å². The molecule has 0 atom stereocenters. The molecule has 0 radical (unpaired) electrons. The summed E-state index contributed by atoms with van der Waals surface area (Å²) in [7, 11) is 1.69. The first kappa shape index (κ1) is 15.8. The molecule has 4 rings (SSSR count). The number of nitrogens with zero attached hydrogens (tertiary/aromatic N) is 2. The third-order valence-corrected chi connectivity index (χ3v) is 4.83. The van der Waals surface area contributed by atoms with Gasteiger partial charge in [-0.2, -0.15) is 0 Å². The molecule has 0 amide bonds. The maximum Gasteiger partial charge on any atom is 0.160 e. The maximum absolute atomic E-state index is 5.30. The molecule has 3 aromatic rings. The fourth-order valence-corrected chi connectivity index (χ4v) is 3.47. The zero-order valence-electron chi connectivity index (χ0n) is 14.5. The van der Waals surface area contributed by atoms with Gasteiger partial charge >= 0.3 is 0 Å². The summed E-state index contributed by atoms with van der Waals surface area (Å²) >= 11 is 0. The van der Waals surface area contributed by atoms with E-state index in [2.05, 4.69) is 24.3 Å². The normalized spacial score (nSPS) is 13.8. The minimum atomic E-state index is 0.826. The van der Waals surface area contributed by atoms with E-state index in [4.69, 9.17) is 14.7 Å². The molecule has 2 aromatic carbocycles. The van der Waals surface area contributed by atoms with Crippen LogP contribution in [0, 0.1) is 0 Å². The van der Waals surface area contributed by atoms with Crippen molar-refractivity contribution in [2.24, 2.45) is 0 Å². The van der Waals surface area contributed by atoms with E-state index < -0.39 is 0 Å². The summed E-state index contributed by atoms with van der Waals surface area (Å²) in [6.07, 6.45) is 5.79. The number of fused-ring (bicyclic) bond motifs is 1. The van der Waals surface area contributed by atoms with E-state index in [-0.39, 0.29) is 0 Å². The monoisotopic (exact) mass is 330 g/mol. The lowest BCUT2D eigenvalue weighted by atomic mass is 10.00. The number of aryl methyl sites for hydroxylation is 1. The molecule has 1 aliphatic rings. The second-order valence-electron chi connectivity index (χ2n) is 6.48. The van der Waals surface area contributed by atoms with Crippen LogP contribution in [0.15, 0.2) is 54.6 Å². The Morgan fingerprint density at radius 3 is 2.28 bits per heavy atom. The highest BCUT2D eigenvalue weighted by atomic mass is 16.5. The smallest absolute Gasteiger partial charge is 0.160 e. The Bertz CT molecular complexity index is 857. The highest BCUT2D eigenvalue weighted by molar-refractivity contribution is 5.68. The molecule has 25 heavy (non-hydrogen) atoms. The van der Waals surface area contributed by atoms with Crippen molar-refractivity contribution in [3.63, 3.8) is 0 Å². The molecule has 126 valence electrons. The van der Waals surface area contributed by atoms with Crippen molar-refractivity contribution in [1.29, 1.82) is 0 Å². The Labute approximate surface area is 148 Å². The summed E-state index contributed by atoms with van der Waals surface area (Å²) in [5.74, 6) is 1.69. The largest absolute Gasteiger partial charge is 0.497 e. The highest BCUT2D eigenvalue weighted by Crippen LogP contribution is 2.31. The number of rotatable bonds is 3. The quantitative estimate of drug-likeness (QED) is 0.628. The fourth-order valence-electron chi connectivity index (χ4n) is 3.47. The molecule has 0 unspecified atom stereocenters.